The quantitative estimate of drug-likeness (QED) is 0.688. The zero-order valence-corrected chi connectivity index (χ0v) is 13.6. The zero-order chi connectivity index (χ0) is 15.2. The molecule has 0 bridgehead atoms. The van der Waals surface area contributed by atoms with E-state index in [0.29, 0.717) is 18.1 Å². The van der Waals surface area contributed by atoms with Gasteiger partial charge in [-0.25, -0.2) is 8.42 Å². The number of rotatable bonds is 8. The maximum Gasteiger partial charge on any atom is 0.233 e. The van der Waals surface area contributed by atoms with Crippen molar-refractivity contribution in [3.05, 3.63) is 24.3 Å². The van der Waals surface area contributed by atoms with Crippen LogP contribution < -0.4 is 9.47 Å². The van der Waals surface area contributed by atoms with E-state index in [0.717, 1.165) is 6.42 Å². The topological polar surface area (TPSA) is 52.6 Å². The fourth-order valence-corrected chi connectivity index (χ4v) is 3.59. The lowest BCUT2D eigenvalue weighted by molar-refractivity contribution is 0.189. The Balaban J connectivity index is 2.69. The van der Waals surface area contributed by atoms with Crippen molar-refractivity contribution >= 4 is 19.7 Å². The van der Waals surface area contributed by atoms with Crippen molar-refractivity contribution in [1.82, 2.24) is 0 Å². The molecule has 0 aliphatic carbocycles. The van der Waals surface area contributed by atoms with E-state index >= 15 is 0 Å². The summed E-state index contributed by atoms with van der Waals surface area (Å²) in [6.07, 6.45) is 0.907. The van der Waals surface area contributed by atoms with Crippen LogP contribution in [0, 0.1) is 5.41 Å². The minimum Gasteiger partial charge on any atom is -0.490 e. The van der Waals surface area contributed by atoms with E-state index in [1.54, 1.807) is 19.9 Å². The average Bonchev–Trinajstić information content (AvgIpc) is 2.32. The average molecular weight is 321 g/mol. The second-order valence-electron chi connectivity index (χ2n) is 5.43. The third-order valence-corrected chi connectivity index (χ3v) is 3.95. The highest BCUT2D eigenvalue weighted by molar-refractivity contribution is 8.13. The molecule has 0 unspecified atom stereocenters. The van der Waals surface area contributed by atoms with Crippen molar-refractivity contribution in [1.29, 1.82) is 0 Å². The van der Waals surface area contributed by atoms with Gasteiger partial charge in [0.2, 0.25) is 9.05 Å². The summed E-state index contributed by atoms with van der Waals surface area (Å²) in [5.74, 6) is 1.14. The molecule has 0 saturated carbocycles. The lowest BCUT2D eigenvalue weighted by Crippen LogP contribution is -2.28. The van der Waals surface area contributed by atoms with Crippen LogP contribution in [0.3, 0.4) is 0 Å². The minimum atomic E-state index is -3.55. The summed E-state index contributed by atoms with van der Waals surface area (Å²) in [5.41, 5.74) is -0.571. The fourth-order valence-electron chi connectivity index (χ4n) is 1.68. The van der Waals surface area contributed by atoms with E-state index in [-0.39, 0.29) is 12.4 Å². The first-order valence-electron chi connectivity index (χ1n) is 6.50. The SMILES string of the molecule is CCCOc1ccccc1OCC(C)(C)CS(=O)(=O)Cl. The molecule has 20 heavy (non-hydrogen) atoms. The van der Waals surface area contributed by atoms with Crippen LogP contribution in [0.2, 0.25) is 0 Å². The molecule has 0 spiro atoms. The van der Waals surface area contributed by atoms with Gasteiger partial charge in [-0.2, -0.15) is 0 Å². The van der Waals surface area contributed by atoms with E-state index in [1.807, 2.05) is 25.1 Å². The summed E-state index contributed by atoms with van der Waals surface area (Å²) in [6.45, 7) is 6.47. The molecule has 6 heteroatoms. The number of hydrogen-bond donors (Lipinski definition) is 0. The van der Waals surface area contributed by atoms with Gasteiger partial charge in [0.05, 0.1) is 19.0 Å². The second-order valence-corrected chi connectivity index (χ2v) is 8.21. The summed E-state index contributed by atoms with van der Waals surface area (Å²) in [6, 6.07) is 7.35. The first-order chi connectivity index (χ1) is 9.23. The molecule has 0 aromatic heterocycles. The molecule has 0 atom stereocenters. The highest BCUT2D eigenvalue weighted by Gasteiger charge is 2.26. The molecular formula is C14H21ClO4S. The van der Waals surface area contributed by atoms with Gasteiger partial charge in [0.15, 0.2) is 11.5 Å². The van der Waals surface area contributed by atoms with E-state index in [1.165, 1.54) is 0 Å². The number of para-hydroxylation sites is 2. The van der Waals surface area contributed by atoms with Crippen LogP contribution in [-0.4, -0.2) is 27.4 Å². The maximum absolute atomic E-state index is 11.2. The number of hydrogen-bond acceptors (Lipinski definition) is 4. The fraction of sp³-hybridized carbons (Fsp3) is 0.571. The molecule has 0 aliphatic rings. The van der Waals surface area contributed by atoms with Gasteiger partial charge >= 0.3 is 0 Å². The number of ether oxygens (including phenoxy) is 2. The Morgan fingerprint density at radius 2 is 1.70 bits per heavy atom. The molecule has 0 aliphatic heterocycles. The minimum absolute atomic E-state index is 0.139. The lowest BCUT2D eigenvalue weighted by atomic mass is 9.98. The number of halogens is 1. The summed E-state index contributed by atoms with van der Waals surface area (Å²) in [5, 5.41) is 0. The summed E-state index contributed by atoms with van der Waals surface area (Å²) in [7, 11) is 1.74. The highest BCUT2D eigenvalue weighted by atomic mass is 35.7. The van der Waals surface area contributed by atoms with Gasteiger partial charge in [0.25, 0.3) is 0 Å². The van der Waals surface area contributed by atoms with Crippen molar-refractivity contribution < 1.29 is 17.9 Å². The van der Waals surface area contributed by atoms with Gasteiger partial charge in [-0.3, -0.25) is 0 Å². The molecule has 0 radical (unpaired) electrons. The Hall–Kier alpha value is -0.940. The first-order valence-corrected chi connectivity index (χ1v) is 8.98. The molecule has 0 saturated heterocycles. The van der Waals surface area contributed by atoms with Gasteiger partial charge < -0.3 is 9.47 Å². The van der Waals surface area contributed by atoms with Crippen molar-refractivity contribution in [2.24, 2.45) is 5.41 Å². The molecule has 1 rings (SSSR count). The van der Waals surface area contributed by atoms with Gasteiger partial charge in [-0.1, -0.05) is 32.9 Å². The largest absolute Gasteiger partial charge is 0.490 e. The van der Waals surface area contributed by atoms with Gasteiger partial charge in [0, 0.05) is 16.1 Å². The van der Waals surface area contributed by atoms with Crippen LogP contribution in [-0.2, 0) is 9.05 Å². The third-order valence-electron chi connectivity index (χ3n) is 2.49. The molecule has 4 nitrogen and oxygen atoms in total. The summed E-state index contributed by atoms with van der Waals surface area (Å²) in [4.78, 5) is 0. The third kappa shape index (κ3) is 6.48. The smallest absolute Gasteiger partial charge is 0.233 e. The van der Waals surface area contributed by atoms with Crippen LogP contribution in [0.1, 0.15) is 27.2 Å². The normalized spacial score (nSPS) is 12.2. The Bertz CT molecular complexity index is 526. The Labute approximate surface area is 125 Å². The monoisotopic (exact) mass is 320 g/mol. The van der Waals surface area contributed by atoms with Crippen LogP contribution in [0.25, 0.3) is 0 Å². The summed E-state index contributed by atoms with van der Waals surface area (Å²) < 4.78 is 33.6. The molecule has 1 aromatic rings. The van der Waals surface area contributed by atoms with Crippen LogP contribution in [0.15, 0.2) is 24.3 Å². The zero-order valence-electron chi connectivity index (χ0n) is 12.1. The molecule has 114 valence electrons. The van der Waals surface area contributed by atoms with Crippen molar-refractivity contribution in [3.63, 3.8) is 0 Å². The highest BCUT2D eigenvalue weighted by Crippen LogP contribution is 2.29. The second kappa shape index (κ2) is 7.18. The molecule has 0 fully saturated rings. The molecule has 0 N–H and O–H groups in total. The van der Waals surface area contributed by atoms with Crippen molar-refractivity contribution in [2.45, 2.75) is 27.2 Å². The molecule has 0 amide bonds. The first kappa shape index (κ1) is 17.1. The molecule has 0 heterocycles. The van der Waals surface area contributed by atoms with E-state index in [2.05, 4.69) is 0 Å². The standard InChI is InChI=1S/C14H21ClO4S/c1-4-9-18-12-7-5-6-8-13(12)19-10-14(2,3)11-20(15,16)17/h5-8H,4,9-11H2,1-3H3. The Kier molecular flexibility index (Phi) is 6.14. The Morgan fingerprint density at radius 3 is 2.20 bits per heavy atom. The summed E-state index contributed by atoms with van der Waals surface area (Å²) >= 11 is 0. The lowest BCUT2D eigenvalue weighted by Gasteiger charge is -2.23. The van der Waals surface area contributed by atoms with Crippen molar-refractivity contribution in [3.8, 4) is 11.5 Å². The number of benzene rings is 1. The van der Waals surface area contributed by atoms with Gasteiger partial charge in [-0.05, 0) is 18.6 Å². The van der Waals surface area contributed by atoms with Crippen LogP contribution in [0.4, 0.5) is 0 Å². The van der Waals surface area contributed by atoms with E-state index in [9.17, 15) is 8.42 Å². The van der Waals surface area contributed by atoms with E-state index < -0.39 is 14.5 Å². The maximum atomic E-state index is 11.2. The van der Waals surface area contributed by atoms with E-state index in [4.69, 9.17) is 20.2 Å². The van der Waals surface area contributed by atoms with Crippen molar-refractivity contribution in [2.75, 3.05) is 19.0 Å². The van der Waals surface area contributed by atoms with Crippen LogP contribution in [0.5, 0.6) is 11.5 Å². The van der Waals surface area contributed by atoms with Gasteiger partial charge in [-0.15, -0.1) is 0 Å². The molecule has 1 aromatic carbocycles. The molecular weight excluding hydrogens is 300 g/mol. The van der Waals surface area contributed by atoms with Crippen LogP contribution >= 0.6 is 10.7 Å². The predicted octanol–water partition coefficient (Wildman–Crippen LogP) is 3.45. The Morgan fingerprint density at radius 1 is 1.15 bits per heavy atom. The van der Waals surface area contributed by atoms with Gasteiger partial charge in [0.1, 0.15) is 0 Å². The predicted molar refractivity (Wildman–Crippen MR) is 81.1 cm³/mol.